The van der Waals surface area contributed by atoms with Crippen molar-refractivity contribution in [3.8, 4) is 16.9 Å². The first-order chi connectivity index (χ1) is 17.9. The van der Waals surface area contributed by atoms with Gasteiger partial charge in [-0.3, -0.25) is 14.7 Å². The first kappa shape index (κ1) is 24.4. The van der Waals surface area contributed by atoms with Gasteiger partial charge in [0.25, 0.3) is 11.5 Å². The van der Waals surface area contributed by atoms with Crippen LogP contribution in [0.1, 0.15) is 60.4 Å². The van der Waals surface area contributed by atoms with Crippen molar-refractivity contribution in [1.82, 2.24) is 29.3 Å². The lowest BCUT2D eigenvalue weighted by Crippen LogP contribution is -2.39. The summed E-state index contributed by atoms with van der Waals surface area (Å²) in [6.07, 6.45) is 6.79. The zero-order valence-electron chi connectivity index (χ0n) is 20.6. The van der Waals surface area contributed by atoms with Crippen LogP contribution in [0.3, 0.4) is 0 Å². The highest BCUT2D eigenvalue weighted by Gasteiger charge is 2.25. The zero-order chi connectivity index (χ0) is 26.1. The summed E-state index contributed by atoms with van der Waals surface area (Å²) in [5.41, 5.74) is 1.05. The monoisotopic (exact) mass is 506 g/mol. The highest BCUT2D eigenvalue weighted by atomic mass is 19.1. The second-order valence-electron chi connectivity index (χ2n) is 9.10. The Labute approximate surface area is 211 Å². The van der Waals surface area contributed by atoms with E-state index in [0.29, 0.717) is 17.9 Å². The Hall–Kier alpha value is -4.28. The standard InChI is InChI=1S/C26H27FN6O4/c1-3-37-26(36)17-14-28-32(15-17)18-8-9-19(20(27)11-18)21-12-23-29-22(13-24(34)33(23)30-21)25(35)31-10-6-4-5-7-16(31)2/h8-9,11-16,30H,3-7,10H2,1-2H3/t16-/m1/s1. The predicted molar refractivity (Wildman–Crippen MR) is 133 cm³/mol. The molecule has 192 valence electrons. The van der Waals surface area contributed by atoms with E-state index in [2.05, 4.69) is 15.2 Å². The molecule has 0 aliphatic carbocycles. The number of halogens is 1. The van der Waals surface area contributed by atoms with Crippen LogP contribution in [0.15, 0.2) is 47.5 Å². The minimum absolute atomic E-state index is 0.0767. The number of H-pyrrole nitrogens is 1. The van der Waals surface area contributed by atoms with Gasteiger partial charge in [0.2, 0.25) is 0 Å². The molecule has 1 N–H and O–H groups in total. The van der Waals surface area contributed by atoms with Crippen molar-refractivity contribution in [1.29, 1.82) is 0 Å². The molecule has 37 heavy (non-hydrogen) atoms. The lowest BCUT2D eigenvalue weighted by Gasteiger charge is -2.26. The number of rotatable bonds is 5. The first-order valence-electron chi connectivity index (χ1n) is 12.3. The maximum atomic E-state index is 15.1. The van der Waals surface area contributed by atoms with Gasteiger partial charge in [0.05, 0.1) is 29.7 Å². The molecular weight excluding hydrogens is 479 g/mol. The highest BCUT2D eigenvalue weighted by molar-refractivity contribution is 5.93. The van der Waals surface area contributed by atoms with Crippen molar-refractivity contribution in [2.24, 2.45) is 0 Å². The predicted octanol–water partition coefficient (Wildman–Crippen LogP) is 3.60. The topological polar surface area (TPSA) is 115 Å². The average molecular weight is 507 g/mol. The maximum Gasteiger partial charge on any atom is 0.341 e. The Morgan fingerprint density at radius 1 is 1.19 bits per heavy atom. The van der Waals surface area contributed by atoms with Crippen LogP contribution in [0.2, 0.25) is 0 Å². The Kier molecular flexibility index (Phi) is 6.60. The molecule has 0 radical (unpaired) electrons. The number of amides is 1. The van der Waals surface area contributed by atoms with Gasteiger partial charge in [0, 0.05) is 42.5 Å². The molecule has 3 aromatic heterocycles. The van der Waals surface area contributed by atoms with E-state index < -0.39 is 17.3 Å². The highest BCUT2D eigenvalue weighted by Crippen LogP contribution is 2.25. The normalized spacial score (nSPS) is 16.1. The van der Waals surface area contributed by atoms with E-state index in [4.69, 9.17) is 4.74 Å². The summed E-state index contributed by atoms with van der Waals surface area (Å²) in [5.74, 6) is -1.35. The third-order valence-electron chi connectivity index (χ3n) is 6.58. The van der Waals surface area contributed by atoms with Gasteiger partial charge in [-0.1, -0.05) is 12.8 Å². The van der Waals surface area contributed by atoms with E-state index in [1.165, 1.54) is 45.9 Å². The molecular formula is C26H27FN6O4. The van der Waals surface area contributed by atoms with Crippen LogP contribution in [0, 0.1) is 5.82 Å². The summed E-state index contributed by atoms with van der Waals surface area (Å²) < 4.78 is 22.7. The van der Waals surface area contributed by atoms with Crippen LogP contribution in [0.4, 0.5) is 4.39 Å². The third-order valence-corrected chi connectivity index (χ3v) is 6.58. The van der Waals surface area contributed by atoms with Crippen molar-refractivity contribution in [3.63, 3.8) is 0 Å². The van der Waals surface area contributed by atoms with Crippen LogP contribution in [-0.2, 0) is 4.74 Å². The third kappa shape index (κ3) is 4.76. The fraction of sp³-hybridized carbons (Fsp3) is 0.346. The van der Waals surface area contributed by atoms with Gasteiger partial charge in [-0.2, -0.15) is 5.10 Å². The van der Waals surface area contributed by atoms with Crippen molar-refractivity contribution >= 4 is 17.5 Å². The van der Waals surface area contributed by atoms with E-state index in [1.54, 1.807) is 17.9 Å². The second-order valence-corrected chi connectivity index (χ2v) is 9.10. The Morgan fingerprint density at radius 3 is 2.81 bits per heavy atom. The lowest BCUT2D eigenvalue weighted by atomic mass is 10.1. The number of aromatic nitrogens is 5. The molecule has 1 aromatic carbocycles. The SMILES string of the molecule is CCOC(=O)c1cnn(-c2ccc(-c3cc4nc(C(=O)N5CCCCC[C@H]5C)cc(=O)n4[nH]3)c(F)c2)c1. The van der Waals surface area contributed by atoms with Gasteiger partial charge in [-0.25, -0.2) is 23.4 Å². The number of carbonyl (C=O) groups is 2. The van der Waals surface area contributed by atoms with Gasteiger partial charge in [-0.05, 0) is 38.8 Å². The molecule has 5 rings (SSSR count). The van der Waals surface area contributed by atoms with E-state index in [9.17, 15) is 14.4 Å². The number of esters is 1. The molecule has 1 saturated heterocycles. The minimum atomic E-state index is -0.569. The number of nitrogens with zero attached hydrogens (tertiary/aromatic N) is 5. The molecule has 1 aliphatic heterocycles. The summed E-state index contributed by atoms with van der Waals surface area (Å²) in [7, 11) is 0. The molecule has 1 amide bonds. The molecule has 4 heterocycles. The zero-order valence-corrected chi connectivity index (χ0v) is 20.6. The van der Waals surface area contributed by atoms with Crippen molar-refractivity contribution in [2.75, 3.05) is 13.2 Å². The van der Waals surface area contributed by atoms with Gasteiger partial charge in [0.15, 0.2) is 5.65 Å². The van der Waals surface area contributed by atoms with Gasteiger partial charge < -0.3 is 9.64 Å². The Morgan fingerprint density at radius 2 is 2.03 bits per heavy atom. The minimum Gasteiger partial charge on any atom is -0.462 e. The number of ether oxygens (including phenoxy) is 1. The number of aromatic amines is 1. The quantitative estimate of drug-likeness (QED) is 0.414. The number of likely N-dealkylation sites (tertiary alicyclic amines) is 1. The van der Waals surface area contributed by atoms with E-state index in [1.807, 2.05) is 6.92 Å². The van der Waals surface area contributed by atoms with Crippen molar-refractivity contribution < 1.29 is 18.7 Å². The molecule has 1 aliphatic rings. The number of hydrogen-bond donors (Lipinski definition) is 1. The van der Waals surface area contributed by atoms with E-state index in [-0.39, 0.29) is 41.0 Å². The summed E-state index contributed by atoms with van der Waals surface area (Å²) in [5, 5.41) is 6.98. The summed E-state index contributed by atoms with van der Waals surface area (Å²) >= 11 is 0. The van der Waals surface area contributed by atoms with Crippen LogP contribution in [0.5, 0.6) is 0 Å². The fourth-order valence-electron chi connectivity index (χ4n) is 4.61. The van der Waals surface area contributed by atoms with Crippen LogP contribution in [0.25, 0.3) is 22.6 Å². The van der Waals surface area contributed by atoms with Crippen molar-refractivity contribution in [2.45, 2.75) is 45.6 Å². The summed E-state index contributed by atoms with van der Waals surface area (Å²) in [6, 6.07) is 7.28. The fourth-order valence-corrected chi connectivity index (χ4v) is 4.61. The number of carbonyl (C=O) groups excluding carboxylic acids is 2. The van der Waals surface area contributed by atoms with Gasteiger partial charge >= 0.3 is 5.97 Å². The van der Waals surface area contributed by atoms with Gasteiger partial charge in [-0.15, -0.1) is 0 Å². The van der Waals surface area contributed by atoms with Gasteiger partial charge in [0.1, 0.15) is 11.5 Å². The molecule has 0 unspecified atom stereocenters. The smallest absolute Gasteiger partial charge is 0.341 e. The molecule has 11 heteroatoms. The summed E-state index contributed by atoms with van der Waals surface area (Å²) in [6.45, 7) is 4.59. The second kappa shape index (κ2) is 10.00. The van der Waals surface area contributed by atoms with Crippen molar-refractivity contribution in [3.05, 3.63) is 70.2 Å². The molecule has 0 spiro atoms. The number of benzene rings is 1. The number of hydrogen-bond acceptors (Lipinski definition) is 6. The summed E-state index contributed by atoms with van der Waals surface area (Å²) in [4.78, 5) is 44.0. The average Bonchev–Trinajstić information content (AvgIpc) is 3.48. The van der Waals surface area contributed by atoms with Crippen LogP contribution in [-0.4, -0.2) is 60.3 Å². The Bertz CT molecular complexity index is 1540. The molecule has 1 fully saturated rings. The molecule has 10 nitrogen and oxygen atoms in total. The number of fused-ring (bicyclic) bond motifs is 1. The largest absolute Gasteiger partial charge is 0.462 e. The lowest BCUT2D eigenvalue weighted by molar-refractivity contribution is 0.0526. The van der Waals surface area contributed by atoms with Crippen LogP contribution >= 0.6 is 0 Å². The molecule has 0 saturated carbocycles. The number of nitrogens with one attached hydrogen (secondary N) is 1. The molecule has 1 atom stereocenters. The molecule has 4 aromatic rings. The molecule has 0 bridgehead atoms. The van der Waals surface area contributed by atoms with Crippen LogP contribution < -0.4 is 5.56 Å². The first-order valence-corrected chi connectivity index (χ1v) is 12.3. The Balaban J connectivity index is 1.44. The maximum absolute atomic E-state index is 15.1. The van der Waals surface area contributed by atoms with E-state index in [0.717, 1.165) is 25.7 Å². The van der Waals surface area contributed by atoms with E-state index >= 15 is 4.39 Å².